The van der Waals surface area contributed by atoms with Crippen molar-refractivity contribution < 1.29 is 8.81 Å². The highest BCUT2D eigenvalue weighted by atomic mass is 19.1. The molecule has 0 amide bonds. The van der Waals surface area contributed by atoms with E-state index in [4.69, 9.17) is 4.42 Å². The van der Waals surface area contributed by atoms with Gasteiger partial charge in [-0.15, -0.1) is 0 Å². The van der Waals surface area contributed by atoms with Crippen molar-refractivity contribution in [2.75, 3.05) is 10.6 Å². The average molecular weight is 379 g/mol. The molecule has 0 bridgehead atoms. The van der Waals surface area contributed by atoms with Crippen LogP contribution < -0.4 is 16.4 Å². The maximum absolute atomic E-state index is 14.2. The fourth-order valence-corrected chi connectivity index (χ4v) is 3.03. The van der Waals surface area contributed by atoms with Gasteiger partial charge in [-0.3, -0.25) is 4.98 Å². The summed E-state index contributed by atoms with van der Waals surface area (Å²) in [6, 6.07) is 8.92. The number of aromatic nitrogens is 3. The molecule has 0 fully saturated rings. The molecule has 0 unspecified atom stereocenters. The van der Waals surface area contributed by atoms with Crippen molar-refractivity contribution in [3.63, 3.8) is 0 Å². The molecule has 8 heteroatoms. The number of rotatable bonds is 4. The second-order valence-electron chi connectivity index (χ2n) is 6.70. The van der Waals surface area contributed by atoms with Crippen LogP contribution in [0.1, 0.15) is 16.7 Å². The zero-order valence-corrected chi connectivity index (χ0v) is 15.6. The van der Waals surface area contributed by atoms with Gasteiger partial charge in [0.2, 0.25) is 5.95 Å². The number of benzene rings is 2. The number of nitrogens with one attached hydrogen (secondary N) is 3. The zero-order chi connectivity index (χ0) is 19.8. The summed E-state index contributed by atoms with van der Waals surface area (Å²) in [7, 11) is 0. The third-order valence-electron chi connectivity index (χ3n) is 4.19. The van der Waals surface area contributed by atoms with Gasteiger partial charge in [0, 0.05) is 29.2 Å². The van der Waals surface area contributed by atoms with Crippen molar-refractivity contribution in [3.8, 4) is 0 Å². The summed E-state index contributed by atoms with van der Waals surface area (Å²) in [5.74, 6) is -0.411. The van der Waals surface area contributed by atoms with Crippen LogP contribution in [0.4, 0.5) is 27.5 Å². The Labute approximate surface area is 159 Å². The fraction of sp³-hybridized carbons (Fsp3) is 0.150. The zero-order valence-electron chi connectivity index (χ0n) is 15.6. The number of hydrogen-bond donors (Lipinski definition) is 3. The molecule has 142 valence electrons. The summed E-state index contributed by atoms with van der Waals surface area (Å²) in [5, 5.41) is 6.25. The molecule has 0 aliphatic carbocycles. The topological polar surface area (TPSA) is 95.8 Å². The molecular formula is C20H18FN5O2. The largest absolute Gasteiger partial charge is 0.417 e. The predicted molar refractivity (Wildman–Crippen MR) is 106 cm³/mol. The van der Waals surface area contributed by atoms with Crippen molar-refractivity contribution in [2.45, 2.75) is 20.8 Å². The highest BCUT2D eigenvalue weighted by Gasteiger charge is 2.11. The van der Waals surface area contributed by atoms with E-state index in [1.807, 2.05) is 32.9 Å². The van der Waals surface area contributed by atoms with Crippen molar-refractivity contribution in [3.05, 3.63) is 69.6 Å². The van der Waals surface area contributed by atoms with E-state index in [1.165, 1.54) is 6.07 Å². The lowest BCUT2D eigenvalue weighted by Gasteiger charge is -2.12. The van der Waals surface area contributed by atoms with Gasteiger partial charge in [0.1, 0.15) is 5.82 Å². The molecular weight excluding hydrogens is 361 g/mol. The molecule has 3 N–H and O–H groups in total. The normalized spacial score (nSPS) is 11.0. The summed E-state index contributed by atoms with van der Waals surface area (Å²) in [5.41, 5.74) is 4.53. The first kappa shape index (κ1) is 17.7. The standard InChI is InChI=1S/C20H18FN5O2/c1-10-4-11(2)6-13(5-10)24-19-22-9-12(3)18(26-19)23-14-7-15(21)17-16(8-14)25-20(27)28-17/h4-9H,1-3H3,(H,25,27)(H2,22,23,24,26). The Morgan fingerprint density at radius 2 is 1.71 bits per heavy atom. The number of fused-ring (bicyclic) bond motifs is 1. The molecule has 2 aromatic heterocycles. The summed E-state index contributed by atoms with van der Waals surface area (Å²) in [4.78, 5) is 22.5. The van der Waals surface area contributed by atoms with E-state index in [1.54, 1.807) is 12.3 Å². The van der Waals surface area contributed by atoms with Gasteiger partial charge in [0.15, 0.2) is 11.4 Å². The van der Waals surface area contributed by atoms with Crippen molar-refractivity contribution in [2.24, 2.45) is 0 Å². The maximum atomic E-state index is 14.2. The summed E-state index contributed by atoms with van der Waals surface area (Å²) in [6.07, 6.45) is 1.68. The van der Waals surface area contributed by atoms with Crippen LogP contribution in [0, 0.1) is 26.6 Å². The lowest BCUT2D eigenvalue weighted by molar-refractivity contribution is 0.523. The highest BCUT2D eigenvalue weighted by molar-refractivity contribution is 5.79. The SMILES string of the molecule is Cc1cc(C)cc(Nc2ncc(C)c(Nc3cc(F)c4oc(=O)[nH]c4c3)n2)c1. The average Bonchev–Trinajstić information content (AvgIpc) is 2.98. The van der Waals surface area contributed by atoms with Crippen LogP contribution in [-0.4, -0.2) is 15.0 Å². The Hall–Kier alpha value is -3.68. The van der Waals surface area contributed by atoms with Gasteiger partial charge in [-0.1, -0.05) is 6.07 Å². The Morgan fingerprint density at radius 1 is 1.00 bits per heavy atom. The van der Waals surface area contributed by atoms with E-state index >= 15 is 0 Å². The lowest BCUT2D eigenvalue weighted by atomic mass is 10.1. The van der Waals surface area contributed by atoms with Gasteiger partial charge in [-0.25, -0.2) is 14.2 Å². The first-order chi connectivity index (χ1) is 13.4. The van der Waals surface area contributed by atoms with Gasteiger partial charge in [-0.2, -0.15) is 4.98 Å². The van der Waals surface area contributed by atoms with E-state index < -0.39 is 11.6 Å². The first-order valence-electron chi connectivity index (χ1n) is 8.66. The van der Waals surface area contributed by atoms with Crippen LogP contribution >= 0.6 is 0 Å². The second-order valence-corrected chi connectivity index (χ2v) is 6.70. The van der Waals surface area contributed by atoms with E-state index in [2.05, 4.69) is 31.7 Å². The third kappa shape index (κ3) is 3.57. The number of nitrogens with zero attached hydrogens (tertiary/aromatic N) is 2. The smallest absolute Gasteiger partial charge is 0.405 e. The van der Waals surface area contributed by atoms with E-state index in [0.29, 0.717) is 17.5 Å². The minimum atomic E-state index is -0.704. The van der Waals surface area contributed by atoms with Crippen LogP contribution in [-0.2, 0) is 0 Å². The molecule has 0 saturated carbocycles. The molecule has 7 nitrogen and oxygen atoms in total. The molecule has 0 aliphatic heterocycles. The molecule has 0 atom stereocenters. The van der Waals surface area contributed by atoms with Crippen LogP contribution in [0.3, 0.4) is 0 Å². The lowest BCUT2D eigenvalue weighted by Crippen LogP contribution is -2.03. The molecule has 4 rings (SSSR count). The minimum absolute atomic E-state index is 0.105. The molecule has 0 saturated heterocycles. The first-order valence-corrected chi connectivity index (χ1v) is 8.66. The highest BCUT2D eigenvalue weighted by Crippen LogP contribution is 2.25. The summed E-state index contributed by atoms with van der Waals surface area (Å²) >= 11 is 0. The van der Waals surface area contributed by atoms with Gasteiger partial charge >= 0.3 is 5.76 Å². The van der Waals surface area contributed by atoms with Crippen molar-refractivity contribution in [1.29, 1.82) is 0 Å². The Balaban J connectivity index is 1.65. The summed E-state index contributed by atoms with van der Waals surface area (Å²) in [6.45, 7) is 5.88. The maximum Gasteiger partial charge on any atom is 0.417 e. The van der Waals surface area contributed by atoms with Crippen molar-refractivity contribution >= 4 is 34.2 Å². The van der Waals surface area contributed by atoms with Crippen LogP contribution in [0.5, 0.6) is 0 Å². The van der Waals surface area contributed by atoms with E-state index in [-0.39, 0.29) is 11.1 Å². The van der Waals surface area contributed by atoms with Crippen LogP contribution in [0.2, 0.25) is 0 Å². The number of anilines is 4. The molecule has 0 spiro atoms. The van der Waals surface area contributed by atoms with Gasteiger partial charge in [0.05, 0.1) is 5.52 Å². The number of aryl methyl sites for hydroxylation is 3. The molecule has 0 radical (unpaired) electrons. The number of oxazole rings is 1. The third-order valence-corrected chi connectivity index (χ3v) is 4.19. The Morgan fingerprint density at radius 3 is 2.46 bits per heavy atom. The minimum Gasteiger partial charge on any atom is -0.405 e. The van der Waals surface area contributed by atoms with Gasteiger partial charge in [-0.05, 0) is 50.1 Å². The molecule has 4 aromatic rings. The van der Waals surface area contributed by atoms with Gasteiger partial charge < -0.3 is 15.1 Å². The summed E-state index contributed by atoms with van der Waals surface area (Å²) < 4.78 is 19.0. The van der Waals surface area contributed by atoms with Gasteiger partial charge in [0.25, 0.3) is 0 Å². The Bertz CT molecular complexity index is 1230. The predicted octanol–water partition coefficient (Wildman–Crippen LogP) is 4.46. The fourth-order valence-electron chi connectivity index (χ4n) is 3.03. The van der Waals surface area contributed by atoms with E-state index in [0.717, 1.165) is 22.4 Å². The van der Waals surface area contributed by atoms with Crippen molar-refractivity contribution in [1.82, 2.24) is 15.0 Å². The number of H-pyrrole nitrogens is 1. The van der Waals surface area contributed by atoms with E-state index in [9.17, 15) is 9.18 Å². The Kier molecular flexibility index (Phi) is 4.31. The molecule has 2 aromatic carbocycles. The molecule has 28 heavy (non-hydrogen) atoms. The number of halogens is 1. The molecule has 2 heterocycles. The second kappa shape index (κ2) is 6.80. The number of aromatic amines is 1. The number of hydrogen-bond acceptors (Lipinski definition) is 6. The quantitative estimate of drug-likeness (QED) is 0.484. The van der Waals surface area contributed by atoms with Crippen LogP contribution in [0.25, 0.3) is 11.1 Å². The van der Waals surface area contributed by atoms with Crippen LogP contribution in [0.15, 0.2) is 45.7 Å². The molecule has 0 aliphatic rings. The monoisotopic (exact) mass is 379 g/mol.